The summed E-state index contributed by atoms with van der Waals surface area (Å²) in [6, 6.07) is 0.808. The summed E-state index contributed by atoms with van der Waals surface area (Å²) >= 11 is 0. The van der Waals surface area contributed by atoms with Crippen LogP contribution in [0.3, 0.4) is 0 Å². The summed E-state index contributed by atoms with van der Waals surface area (Å²) in [7, 11) is 1.05. The van der Waals surface area contributed by atoms with E-state index in [9.17, 15) is 24.6 Å². The lowest BCUT2D eigenvalue weighted by molar-refractivity contribution is -0.0563. The van der Waals surface area contributed by atoms with Gasteiger partial charge in [-0.25, -0.2) is 9.59 Å². The van der Waals surface area contributed by atoms with Gasteiger partial charge in [-0.3, -0.25) is 14.3 Å². The molecule has 2 heterocycles. The van der Waals surface area contributed by atoms with Crippen molar-refractivity contribution in [2.75, 3.05) is 13.7 Å². The lowest BCUT2D eigenvalue weighted by Gasteiger charge is -2.19. The second-order valence-corrected chi connectivity index (χ2v) is 4.41. The normalized spacial score (nSPS) is 28.6. The third kappa shape index (κ3) is 2.61. The number of hydrogen-bond acceptors (Lipinski definition) is 8. The van der Waals surface area contributed by atoms with Gasteiger partial charge < -0.3 is 24.8 Å². The molecule has 2 rings (SSSR count). The summed E-state index contributed by atoms with van der Waals surface area (Å²) in [4.78, 5) is 36.7. The van der Waals surface area contributed by atoms with Gasteiger partial charge in [-0.15, -0.1) is 0 Å². The van der Waals surface area contributed by atoms with E-state index in [1.807, 2.05) is 4.98 Å². The molecule has 4 N–H and O–H groups in total. The first-order valence-corrected chi connectivity index (χ1v) is 5.97. The minimum atomic E-state index is -1.57. The van der Waals surface area contributed by atoms with Crippen LogP contribution in [0.1, 0.15) is 16.7 Å². The van der Waals surface area contributed by atoms with Crippen LogP contribution in [0.15, 0.2) is 15.7 Å². The van der Waals surface area contributed by atoms with Gasteiger partial charge in [-0.1, -0.05) is 0 Å². The highest BCUT2D eigenvalue weighted by Gasteiger charge is 2.45. The van der Waals surface area contributed by atoms with Crippen molar-refractivity contribution >= 4 is 5.97 Å². The Bertz CT molecular complexity index is 650. The van der Waals surface area contributed by atoms with E-state index < -0.39 is 54.1 Å². The average Bonchev–Trinajstić information content (AvgIpc) is 2.73. The summed E-state index contributed by atoms with van der Waals surface area (Å²) in [5.41, 5.74) is -2.29. The average molecular weight is 302 g/mol. The van der Waals surface area contributed by atoms with Gasteiger partial charge in [-0.2, -0.15) is 0 Å². The molecule has 0 aromatic carbocycles. The zero-order valence-corrected chi connectivity index (χ0v) is 10.9. The molecule has 1 fully saturated rings. The molecule has 0 radical (unpaired) electrons. The zero-order valence-electron chi connectivity index (χ0n) is 10.9. The molecule has 10 heteroatoms. The molecule has 21 heavy (non-hydrogen) atoms. The number of nitrogens with one attached hydrogen (secondary N) is 1. The maximum Gasteiger partial charge on any atom is 0.355 e. The quantitative estimate of drug-likeness (QED) is 0.429. The highest BCUT2D eigenvalue weighted by Crippen LogP contribution is 2.28. The van der Waals surface area contributed by atoms with Crippen LogP contribution in [0, 0.1) is 0 Å². The molecule has 0 bridgehead atoms. The van der Waals surface area contributed by atoms with Crippen LogP contribution >= 0.6 is 0 Å². The SMILES string of the molecule is COC(=O)c1cc(=O)[nH]c(=O)n1[C@@H]1O[C@H](CO)C(O)C1O. The van der Waals surface area contributed by atoms with Crippen LogP contribution in [-0.2, 0) is 9.47 Å². The van der Waals surface area contributed by atoms with Crippen LogP contribution < -0.4 is 11.2 Å². The molecule has 116 valence electrons. The number of ether oxygens (including phenoxy) is 2. The highest BCUT2D eigenvalue weighted by molar-refractivity contribution is 5.87. The van der Waals surface area contributed by atoms with Gasteiger partial charge in [0.05, 0.1) is 13.7 Å². The lowest BCUT2D eigenvalue weighted by Crippen LogP contribution is -2.41. The van der Waals surface area contributed by atoms with E-state index in [0.29, 0.717) is 4.57 Å². The zero-order chi connectivity index (χ0) is 15.7. The second-order valence-electron chi connectivity index (χ2n) is 4.41. The van der Waals surface area contributed by atoms with E-state index in [-0.39, 0.29) is 0 Å². The van der Waals surface area contributed by atoms with E-state index in [0.717, 1.165) is 13.2 Å². The van der Waals surface area contributed by atoms with E-state index in [1.54, 1.807) is 0 Å². The number of rotatable bonds is 3. The number of esters is 1. The Labute approximate surface area is 117 Å². The first-order chi connectivity index (χ1) is 9.90. The molecular formula is C11H14N2O8. The topological polar surface area (TPSA) is 151 Å². The monoisotopic (exact) mass is 302 g/mol. The Morgan fingerprint density at radius 2 is 2.10 bits per heavy atom. The predicted octanol–water partition coefficient (Wildman–Crippen LogP) is -3.07. The number of carbonyl (C=O) groups excluding carboxylic acids is 1. The number of aliphatic hydroxyl groups is 3. The third-order valence-corrected chi connectivity index (χ3v) is 3.14. The van der Waals surface area contributed by atoms with Crippen molar-refractivity contribution in [3.05, 3.63) is 32.6 Å². The number of methoxy groups -OCH3 is 1. The van der Waals surface area contributed by atoms with Gasteiger partial charge in [0.2, 0.25) is 0 Å². The predicted molar refractivity (Wildman–Crippen MR) is 65.7 cm³/mol. The summed E-state index contributed by atoms with van der Waals surface area (Å²) in [5.74, 6) is -0.990. The molecule has 1 aromatic heterocycles. The van der Waals surface area contributed by atoms with E-state index >= 15 is 0 Å². The van der Waals surface area contributed by atoms with Crippen molar-refractivity contribution in [2.45, 2.75) is 24.5 Å². The first-order valence-electron chi connectivity index (χ1n) is 5.97. The van der Waals surface area contributed by atoms with Crippen molar-refractivity contribution < 1.29 is 29.6 Å². The molecule has 4 atom stereocenters. The van der Waals surface area contributed by atoms with Crippen LogP contribution in [0.2, 0.25) is 0 Å². The van der Waals surface area contributed by atoms with Gasteiger partial charge in [0.25, 0.3) is 5.56 Å². The van der Waals surface area contributed by atoms with E-state index in [1.165, 1.54) is 0 Å². The Hall–Kier alpha value is -2.01. The van der Waals surface area contributed by atoms with Gasteiger partial charge in [0.1, 0.15) is 24.0 Å². The number of aromatic amines is 1. The first kappa shape index (κ1) is 15.4. The molecule has 1 aliphatic heterocycles. The number of aromatic nitrogens is 2. The summed E-state index contributed by atoms with van der Waals surface area (Å²) < 4.78 is 10.3. The van der Waals surface area contributed by atoms with Gasteiger partial charge in [0, 0.05) is 6.07 Å². The molecule has 0 amide bonds. The molecular weight excluding hydrogens is 288 g/mol. The number of hydrogen-bond donors (Lipinski definition) is 4. The molecule has 1 aromatic rings. The van der Waals surface area contributed by atoms with Crippen molar-refractivity contribution in [1.82, 2.24) is 9.55 Å². The maximum atomic E-state index is 11.9. The Kier molecular flexibility index (Phi) is 4.23. The molecule has 0 saturated carbocycles. The highest BCUT2D eigenvalue weighted by atomic mass is 16.6. The lowest BCUT2D eigenvalue weighted by atomic mass is 10.1. The Morgan fingerprint density at radius 1 is 1.43 bits per heavy atom. The van der Waals surface area contributed by atoms with Crippen LogP contribution in [0.25, 0.3) is 0 Å². The molecule has 2 unspecified atom stereocenters. The van der Waals surface area contributed by atoms with Gasteiger partial charge in [-0.05, 0) is 0 Å². The fraction of sp³-hybridized carbons (Fsp3) is 0.545. The Balaban J connectivity index is 2.56. The van der Waals surface area contributed by atoms with Crippen molar-refractivity contribution in [2.24, 2.45) is 0 Å². The summed E-state index contributed by atoms with van der Waals surface area (Å²) in [6.45, 7) is -0.597. The minimum absolute atomic E-state index is 0.443. The molecule has 1 saturated heterocycles. The second kappa shape index (κ2) is 5.77. The molecule has 0 spiro atoms. The summed E-state index contributed by atoms with van der Waals surface area (Å²) in [6.07, 6.45) is -5.61. The molecule has 0 aliphatic carbocycles. The fourth-order valence-electron chi connectivity index (χ4n) is 2.11. The van der Waals surface area contributed by atoms with Gasteiger partial charge in [0.15, 0.2) is 6.23 Å². The smallest absolute Gasteiger partial charge is 0.355 e. The number of aliphatic hydroxyl groups excluding tert-OH is 3. The van der Waals surface area contributed by atoms with Crippen molar-refractivity contribution in [1.29, 1.82) is 0 Å². The number of carbonyl (C=O) groups is 1. The largest absolute Gasteiger partial charge is 0.464 e. The van der Waals surface area contributed by atoms with Crippen molar-refractivity contribution in [3.8, 4) is 0 Å². The van der Waals surface area contributed by atoms with E-state index in [2.05, 4.69) is 4.74 Å². The number of H-pyrrole nitrogens is 1. The standard InChI is InChI=1S/C11H14N2O8/c1-20-10(18)4-2-6(15)12-11(19)13(4)9-8(17)7(16)5(3-14)21-9/h2,5,7-9,14,16-17H,3H2,1H3,(H,12,15,19)/t5-,7?,8?,9-/m1/s1. The van der Waals surface area contributed by atoms with Crippen LogP contribution in [0.5, 0.6) is 0 Å². The Morgan fingerprint density at radius 3 is 2.62 bits per heavy atom. The third-order valence-electron chi connectivity index (χ3n) is 3.14. The summed E-state index contributed by atoms with van der Waals surface area (Å²) in [5, 5.41) is 28.6. The van der Waals surface area contributed by atoms with Gasteiger partial charge >= 0.3 is 11.7 Å². The van der Waals surface area contributed by atoms with Crippen LogP contribution in [-0.4, -0.2) is 62.9 Å². The fourth-order valence-corrected chi connectivity index (χ4v) is 2.11. The minimum Gasteiger partial charge on any atom is -0.464 e. The van der Waals surface area contributed by atoms with E-state index in [4.69, 9.17) is 9.84 Å². The van der Waals surface area contributed by atoms with Crippen molar-refractivity contribution in [3.63, 3.8) is 0 Å². The van der Waals surface area contributed by atoms with Crippen LogP contribution in [0.4, 0.5) is 0 Å². The molecule has 1 aliphatic rings. The number of nitrogens with zero attached hydrogens (tertiary/aromatic N) is 1. The molecule has 10 nitrogen and oxygen atoms in total. The maximum absolute atomic E-state index is 11.9.